The van der Waals surface area contributed by atoms with E-state index >= 15 is 0 Å². The Morgan fingerprint density at radius 1 is 1.40 bits per heavy atom. The highest BCUT2D eigenvalue weighted by Crippen LogP contribution is 1.98. The Bertz CT molecular complexity index is 407. The molecule has 0 bridgehead atoms. The van der Waals surface area contributed by atoms with Crippen molar-refractivity contribution in [1.82, 2.24) is 16.0 Å². The summed E-state index contributed by atoms with van der Waals surface area (Å²) < 4.78 is 5.14. The van der Waals surface area contributed by atoms with Crippen molar-refractivity contribution in [3.05, 3.63) is 24.2 Å². The summed E-state index contributed by atoms with van der Waals surface area (Å²) in [4.78, 5) is 15.9. The van der Waals surface area contributed by atoms with Crippen molar-refractivity contribution < 1.29 is 9.21 Å². The fourth-order valence-corrected chi connectivity index (χ4v) is 1.73. The SMILES string of the molecule is CCNC(=NCC(=O)NCc1ccco1)NCCSC. The smallest absolute Gasteiger partial charge is 0.242 e. The third kappa shape index (κ3) is 7.08. The lowest BCUT2D eigenvalue weighted by Gasteiger charge is -2.10. The van der Waals surface area contributed by atoms with Crippen LogP contribution in [0.25, 0.3) is 0 Å². The zero-order valence-electron chi connectivity index (χ0n) is 11.9. The lowest BCUT2D eigenvalue weighted by molar-refractivity contribution is -0.119. The molecule has 0 radical (unpaired) electrons. The van der Waals surface area contributed by atoms with E-state index < -0.39 is 0 Å². The van der Waals surface area contributed by atoms with Gasteiger partial charge in [0.25, 0.3) is 0 Å². The van der Waals surface area contributed by atoms with Crippen LogP contribution in [-0.2, 0) is 11.3 Å². The molecule has 3 N–H and O–H groups in total. The van der Waals surface area contributed by atoms with Gasteiger partial charge in [0.15, 0.2) is 5.96 Å². The molecule has 112 valence electrons. The molecule has 0 unspecified atom stereocenters. The number of carbonyl (C=O) groups excluding carboxylic acids is 1. The van der Waals surface area contributed by atoms with Gasteiger partial charge in [-0.15, -0.1) is 0 Å². The molecule has 20 heavy (non-hydrogen) atoms. The van der Waals surface area contributed by atoms with E-state index in [1.165, 1.54) is 0 Å². The Hall–Kier alpha value is -1.63. The van der Waals surface area contributed by atoms with Gasteiger partial charge in [0.2, 0.25) is 5.91 Å². The van der Waals surface area contributed by atoms with Crippen LogP contribution < -0.4 is 16.0 Å². The average Bonchev–Trinajstić information content (AvgIpc) is 2.96. The first-order valence-corrected chi connectivity index (χ1v) is 7.95. The van der Waals surface area contributed by atoms with E-state index in [-0.39, 0.29) is 12.5 Å². The molecule has 0 fully saturated rings. The first kappa shape index (κ1) is 16.4. The number of guanidine groups is 1. The number of nitrogens with one attached hydrogen (secondary N) is 3. The van der Waals surface area contributed by atoms with Crippen LogP contribution in [0.15, 0.2) is 27.8 Å². The van der Waals surface area contributed by atoms with Crippen molar-refractivity contribution in [2.75, 3.05) is 31.6 Å². The molecule has 0 aliphatic carbocycles. The summed E-state index contributed by atoms with van der Waals surface area (Å²) in [5.74, 6) is 2.25. The highest BCUT2D eigenvalue weighted by atomic mass is 32.2. The van der Waals surface area contributed by atoms with E-state index in [2.05, 4.69) is 20.9 Å². The minimum Gasteiger partial charge on any atom is -0.467 e. The molecular formula is C13H22N4O2S. The molecule has 1 aromatic rings. The normalized spacial score (nSPS) is 11.2. The molecule has 0 saturated heterocycles. The van der Waals surface area contributed by atoms with E-state index in [0.29, 0.717) is 12.5 Å². The largest absolute Gasteiger partial charge is 0.467 e. The summed E-state index contributed by atoms with van der Waals surface area (Å²) in [6.45, 7) is 4.05. The maximum Gasteiger partial charge on any atom is 0.242 e. The molecule has 0 aliphatic heterocycles. The molecule has 0 aliphatic rings. The van der Waals surface area contributed by atoms with Crippen LogP contribution in [0.1, 0.15) is 12.7 Å². The third-order valence-electron chi connectivity index (χ3n) is 2.36. The minimum atomic E-state index is -0.136. The summed E-state index contributed by atoms with van der Waals surface area (Å²) in [6.07, 6.45) is 3.63. The van der Waals surface area contributed by atoms with Crippen LogP contribution >= 0.6 is 11.8 Å². The summed E-state index contributed by atoms with van der Waals surface area (Å²) in [5, 5.41) is 9.01. The van der Waals surface area contributed by atoms with Gasteiger partial charge in [0, 0.05) is 18.8 Å². The molecule has 1 heterocycles. The van der Waals surface area contributed by atoms with Gasteiger partial charge in [-0.25, -0.2) is 4.99 Å². The van der Waals surface area contributed by atoms with Gasteiger partial charge >= 0.3 is 0 Å². The van der Waals surface area contributed by atoms with Crippen molar-refractivity contribution in [1.29, 1.82) is 0 Å². The van der Waals surface area contributed by atoms with Gasteiger partial charge in [0.05, 0.1) is 12.8 Å². The third-order valence-corrected chi connectivity index (χ3v) is 2.98. The predicted octanol–water partition coefficient (Wildman–Crippen LogP) is 0.814. The maximum absolute atomic E-state index is 11.7. The van der Waals surface area contributed by atoms with Crippen LogP contribution in [0.5, 0.6) is 0 Å². The standard InChI is InChI=1S/C13H22N4O2S/c1-3-14-13(15-6-8-20-2)17-10-12(18)16-9-11-5-4-7-19-11/h4-5,7H,3,6,8-10H2,1-2H3,(H,16,18)(H2,14,15,17). The van der Waals surface area contributed by atoms with Gasteiger partial charge in [-0.1, -0.05) is 0 Å². The number of aliphatic imine (C=N–C) groups is 1. The van der Waals surface area contributed by atoms with Gasteiger partial charge in [-0.05, 0) is 25.3 Å². The Labute approximate surface area is 123 Å². The van der Waals surface area contributed by atoms with Crippen molar-refractivity contribution in [2.45, 2.75) is 13.5 Å². The zero-order chi connectivity index (χ0) is 14.6. The summed E-state index contributed by atoms with van der Waals surface area (Å²) in [6, 6.07) is 3.61. The van der Waals surface area contributed by atoms with E-state index in [0.717, 1.165) is 24.6 Å². The summed E-state index contributed by atoms with van der Waals surface area (Å²) in [7, 11) is 0. The van der Waals surface area contributed by atoms with Gasteiger partial charge < -0.3 is 20.4 Å². The van der Waals surface area contributed by atoms with Crippen LogP contribution in [0, 0.1) is 0 Å². The number of hydrogen-bond donors (Lipinski definition) is 3. The predicted molar refractivity (Wildman–Crippen MR) is 82.9 cm³/mol. The van der Waals surface area contributed by atoms with E-state index in [4.69, 9.17) is 4.42 Å². The van der Waals surface area contributed by atoms with Crippen molar-refractivity contribution in [3.8, 4) is 0 Å². The molecule has 1 rings (SSSR count). The number of rotatable bonds is 8. The summed E-state index contributed by atoms with van der Waals surface area (Å²) >= 11 is 1.76. The number of furan rings is 1. The zero-order valence-corrected chi connectivity index (χ0v) is 12.8. The quantitative estimate of drug-likeness (QED) is 0.376. The molecule has 0 saturated carbocycles. The Morgan fingerprint density at radius 2 is 2.25 bits per heavy atom. The van der Waals surface area contributed by atoms with Gasteiger partial charge in [-0.2, -0.15) is 11.8 Å². The molecule has 1 amide bonds. The summed E-state index contributed by atoms with van der Waals surface area (Å²) in [5.41, 5.74) is 0. The van der Waals surface area contributed by atoms with Crippen LogP contribution in [-0.4, -0.2) is 43.5 Å². The second kappa shape index (κ2) is 10.2. The molecule has 7 heteroatoms. The monoisotopic (exact) mass is 298 g/mol. The van der Waals surface area contributed by atoms with Gasteiger partial charge in [-0.3, -0.25) is 4.79 Å². The Kier molecular flexibility index (Phi) is 8.37. The highest BCUT2D eigenvalue weighted by Gasteiger charge is 2.03. The van der Waals surface area contributed by atoms with E-state index in [1.54, 1.807) is 24.1 Å². The first-order valence-electron chi connectivity index (χ1n) is 6.56. The van der Waals surface area contributed by atoms with Crippen molar-refractivity contribution in [2.24, 2.45) is 4.99 Å². The topological polar surface area (TPSA) is 78.7 Å². The highest BCUT2D eigenvalue weighted by molar-refractivity contribution is 7.98. The van der Waals surface area contributed by atoms with Crippen molar-refractivity contribution >= 4 is 23.6 Å². The molecular weight excluding hydrogens is 276 g/mol. The minimum absolute atomic E-state index is 0.0926. The number of hydrogen-bond acceptors (Lipinski definition) is 4. The fraction of sp³-hybridized carbons (Fsp3) is 0.538. The Balaban J connectivity index is 2.31. The molecule has 0 atom stereocenters. The lowest BCUT2D eigenvalue weighted by Crippen LogP contribution is -2.39. The lowest BCUT2D eigenvalue weighted by atomic mass is 10.4. The van der Waals surface area contributed by atoms with E-state index in [1.807, 2.05) is 19.2 Å². The molecule has 1 aromatic heterocycles. The molecule has 0 aromatic carbocycles. The molecule has 0 spiro atoms. The number of amides is 1. The van der Waals surface area contributed by atoms with Crippen LogP contribution in [0.2, 0.25) is 0 Å². The molecule has 6 nitrogen and oxygen atoms in total. The van der Waals surface area contributed by atoms with Crippen LogP contribution in [0.3, 0.4) is 0 Å². The van der Waals surface area contributed by atoms with Gasteiger partial charge in [0.1, 0.15) is 12.3 Å². The van der Waals surface area contributed by atoms with Crippen molar-refractivity contribution in [3.63, 3.8) is 0 Å². The van der Waals surface area contributed by atoms with E-state index in [9.17, 15) is 4.79 Å². The fourth-order valence-electron chi connectivity index (χ4n) is 1.42. The Morgan fingerprint density at radius 3 is 2.90 bits per heavy atom. The first-order chi connectivity index (χ1) is 9.76. The number of thioether (sulfide) groups is 1. The van der Waals surface area contributed by atoms with Crippen LogP contribution in [0.4, 0.5) is 0 Å². The number of nitrogens with zero attached hydrogens (tertiary/aromatic N) is 1. The second-order valence-corrected chi connectivity index (χ2v) is 4.96. The second-order valence-electron chi connectivity index (χ2n) is 3.97. The average molecular weight is 298 g/mol. The number of carbonyl (C=O) groups is 1. The maximum atomic E-state index is 11.7.